The standard InChI is InChI=1S/C16H21F2NO6/c1-16(2,3)25-15(24)19-5-4-12(20)13(21)8-6-11(18)9(14(22)23)7-10(8)17/h6-7,12-13,20-21H,4-5H2,1-3H3,(H,19,24)(H,22,23). The molecule has 0 fully saturated rings. The van der Waals surface area contributed by atoms with E-state index in [0.29, 0.717) is 12.1 Å². The lowest BCUT2D eigenvalue weighted by molar-refractivity contribution is 0.0102. The minimum Gasteiger partial charge on any atom is -0.478 e. The number of aliphatic hydroxyl groups excluding tert-OH is 2. The molecule has 4 N–H and O–H groups in total. The summed E-state index contributed by atoms with van der Waals surface area (Å²) in [4.78, 5) is 22.2. The van der Waals surface area contributed by atoms with Crippen LogP contribution in [0.25, 0.3) is 0 Å². The zero-order valence-electron chi connectivity index (χ0n) is 14.0. The number of hydrogen-bond acceptors (Lipinski definition) is 5. The maximum absolute atomic E-state index is 13.8. The number of amides is 1. The van der Waals surface area contributed by atoms with Gasteiger partial charge in [0.2, 0.25) is 0 Å². The summed E-state index contributed by atoms with van der Waals surface area (Å²) in [6, 6.07) is 0.954. The molecule has 2 atom stereocenters. The van der Waals surface area contributed by atoms with Gasteiger partial charge in [0.05, 0.1) is 11.7 Å². The molecule has 0 saturated heterocycles. The molecule has 1 rings (SSSR count). The Hall–Kier alpha value is -2.26. The topological polar surface area (TPSA) is 116 Å². The molecule has 2 unspecified atom stereocenters. The van der Waals surface area contributed by atoms with Crippen LogP contribution in [0.4, 0.5) is 13.6 Å². The van der Waals surface area contributed by atoms with Gasteiger partial charge in [-0.3, -0.25) is 0 Å². The van der Waals surface area contributed by atoms with Crippen LogP contribution in [-0.2, 0) is 4.74 Å². The Bertz CT molecular complexity index is 644. The van der Waals surface area contributed by atoms with E-state index in [-0.39, 0.29) is 13.0 Å². The average molecular weight is 361 g/mol. The normalized spacial score (nSPS) is 13.9. The molecule has 0 radical (unpaired) electrons. The highest BCUT2D eigenvalue weighted by Gasteiger charge is 2.25. The second-order valence-electron chi connectivity index (χ2n) is 6.39. The van der Waals surface area contributed by atoms with Crippen molar-refractivity contribution in [3.8, 4) is 0 Å². The van der Waals surface area contributed by atoms with Gasteiger partial charge in [-0.15, -0.1) is 0 Å². The number of halogens is 2. The molecule has 25 heavy (non-hydrogen) atoms. The number of carboxylic acids is 1. The van der Waals surface area contributed by atoms with Gasteiger partial charge >= 0.3 is 12.1 Å². The zero-order chi connectivity index (χ0) is 19.4. The van der Waals surface area contributed by atoms with Crippen LogP contribution in [0.3, 0.4) is 0 Å². The highest BCUT2D eigenvalue weighted by atomic mass is 19.1. The number of alkyl carbamates (subject to hydrolysis) is 1. The van der Waals surface area contributed by atoms with E-state index in [1.807, 2.05) is 0 Å². The van der Waals surface area contributed by atoms with Crippen LogP contribution in [0.15, 0.2) is 12.1 Å². The van der Waals surface area contributed by atoms with Crippen LogP contribution in [-0.4, -0.2) is 45.6 Å². The van der Waals surface area contributed by atoms with E-state index < -0.39 is 52.6 Å². The molecule has 0 heterocycles. The smallest absolute Gasteiger partial charge is 0.407 e. The van der Waals surface area contributed by atoms with E-state index in [9.17, 15) is 28.6 Å². The van der Waals surface area contributed by atoms with Crippen molar-refractivity contribution >= 4 is 12.1 Å². The number of aliphatic hydroxyl groups is 2. The molecule has 1 aromatic carbocycles. The fourth-order valence-electron chi connectivity index (χ4n) is 1.95. The first-order chi connectivity index (χ1) is 11.4. The van der Waals surface area contributed by atoms with E-state index in [2.05, 4.69) is 5.32 Å². The Morgan fingerprint density at radius 2 is 1.80 bits per heavy atom. The van der Waals surface area contributed by atoms with Crippen LogP contribution in [0, 0.1) is 11.6 Å². The highest BCUT2D eigenvalue weighted by molar-refractivity contribution is 5.88. The van der Waals surface area contributed by atoms with Gasteiger partial charge in [0.25, 0.3) is 0 Å². The fourth-order valence-corrected chi connectivity index (χ4v) is 1.95. The summed E-state index contributed by atoms with van der Waals surface area (Å²) in [7, 11) is 0. The fraction of sp³-hybridized carbons (Fsp3) is 0.500. The van der Waals surface area contributed by atoms with Gasteiger partial charge < -0.3 is 25.4 Å². The number of carbonyl (C=O) groups is 2. The lowest BCUT2D eigenvalue weighted by Crippen LogP contribution is -2.34. The van der Waals surface area contributed by atoms with Crippen molar-refractivity contribution in [2.24, 2.45) is 0 Å². The molecule has 0 spiro atoms. The van der Waals surface area contributed by atoms with E-state index in [1.165, 1.54) is 0 Å². The third-order valence-corrected chi connectivity index (χ3v) is 3.11. The summed E-state index contributed by atoms with van der Waals surface area (Å²) in [6.45, 7) is 4.93. The van der Waals surface area contributed by atoms with Crippen LogP contribution in [0.5, 0.6) is 0 Å². The molecule has 7 nitrogen and oxygen atoms in total. The van der Waals surface area contributed by atoms with Crippen molar-refractivity contribution in [3.05, 3.63) is 34.9 Å². The van der Waals surface area contributed by atoms with Crippen LogP contribution in [0.2, 0.25) is 0 Å². The highest BCUT2D eigenvalue weighted by Crippen LogP contribution is 2.24. The maximum atomic E-state index is 13.8. The van der Waals surface area contributed by atoms with Gasteiger partial charge in [-0.25, -0.2) is 18.4 Å². The van der Waals surface area contributed by atoms with E-state index >= 15 is 0 Å². The first kappa shape index (κ1) is 20.8. The number of rotatable bonds is 6. The van der Waals surface area contributed by atoms with Crippen molar-refractivity contribution in [2.75, 3.05) is 6.54 Å². The van der Waals surface area contributed by atoms with Gasteiger partial charge in [-0.2, -0.15) is 0 Å². The first-order valence-electron chi connectivity index (χ1n) is 7.47. The van der Waals surface area contributed by atoms with Crippen molar-refractivity contribution in [3.63, 3.8) is 0 Å². The van der Waals surface area contributed by atoms with Crippen molar-refractivity contribution in [2.45, 2.75) is 45.0 Å². The molecule has 9 heteroatoms. The van der Waals surface area contributed by atoms with Gasteiger partial charge in [-0.1, -0.05) is 0 Å². The maximum Gasteiger partial charge on any atom is 0.407 e. The van der Waals surface area contributed by atoms with Crippen molar-refractivity contribution < 1.29 is 38.4 Å². The predicted molar refractivity (Wildman–Crippen MR) is 83.1 cm³/mol. The van der Waals surface area contributed by atoms with E-state index in [4.69, 9.17) is 9.84 Å². The average Bonchev–Trinajstić information content (AvgIpc) is 2.46. The summed E-state index contributed by atoms with van der Waals surface area (Å²) in [5, 5.41) is 30.8. The predicted octanol–water partition coefficient (Wildman–Crippen LogP) is 1.97. The summed E-state index contributed by atoms with van der Waals surface area (Å²) < 4.78 is 32.4. The minimum absolute atomic E-state index is 0.0789. The Balaban J connectivity index is 2.68. The van der Waals surface area contributed by atoms with Crippen molar-refractivity contribution in [1.29, 1.82) is 0 Å². The van der Waals surface area contributed by atoms with E-state index in [0.717, 1.165) is 0 Å². The van der Waals surface area contributed by atoms with Crippen molar-refractivity contribution in [1.82, 2.24) is 5.32 Å². The Labute approximate surface area is 143 Å². The van der Waals surface area contributed by atoms with Gasteiger partial charge in [0.15, 0.2) is 0 Å². The van der Waals surface area contributed by atoms with E-state index in [1.54, 1.807) is 20.8 Å². The number of hydrogen-bond donors (Lipinski definition) is 4. The number of nitrogens with one attached hydrogen (secondary N) is 1. The molecule has 1 amide bonds. The largest absolute Gasteiger partial charge is 0.478 e. The number of benzene rings is 1. The molecule has 0 bridgehead atoms. The van der Waals surface area contributed by atoms with Gasteiger partial charge in [0.1, 0.15) is 23.3 Å². The Morgan fingerprint density at radius 1 is 1.20 bits per heavy atom. The Morgan fingerprint density at radius 3 is 2.32 bits per heavy atom. The third-order valence-electron chi connectivity index (χ3n) is 3.11. The molecule has 0 aromatic heterocycles. The lowest BCUT2D eigenvalue weighted by atomic mass is 9.99. The number of carboxylic acid groups (broad SMARTS) is 1. The summed E-state index contributed by atoms with van der Waals surface area (Å²) in [6.07, 6.45) is -4.20. The van der Waals surface area contributed by atoms with Crippen LogP contribution in [0.1, 0.15) is 49.2 Å². The molecule has 0 aliphatic heterocycles. The van der Waals surface area contributed by atoms with Crippen LogP contribution < -0.4 is 5.32 Å². The lowest BCUT2D eigenvalue weighted by Gasteiger charge is -2.21. The first-order valence-corrected chi connectivity index (χ1v) is 7.47. The quantitative estimate of drug-likeness (QED) is 0.616. The number of aromatic carboxylic acids is 1. The summed E-state index contributed by atoms with van der Waals surface area (Å²) >= 11 is 0. The molecule has 1 aromatic rings. The Kier molecular flexibility index (Phi) is 6.83. The molecule has 140 valence electrons. The second kappa shape index (κ2) is 8.21. The number of ether oxygens (including phenoxy) is 1. The number of carbonyl (C=O) groups excluding carboxylic acids is 1. The monoisotopic (exact) mass is 361 g/mol. The summed E-state index contributed by atoms with van der Waals surface area (Å²) in [5.41, 5.74) is -2.16. The van der Waals surface area contributed by atoms with Gasteiger partial charge in [0, 0.05) is 12.1 Å². The molecule has 0 aliphatic carbocycles. The second-order valence-corrected chi connectivity index (χ2v) is 6.39. The zero-order valence-corrected chi connectivity index (χ0v) is 14.0. The SMILES string of the molecule is CC(C)(C)OC(=O)NCCC(O)C(O)c1cc(F)c(C(=O)O)cc1F. The molecular weight excluding hydrogens is 340 g/mol. The molecule has 0 saturated carbocycles. The minimum atomic E-state index is -1.79. The van der Waals surface area contributed by atoms with Gasteiger partial charge in [-0.05, 0) is 39.3 Å². The molecule has 0 aliphatic rings. The van der Waals surface area contributed by atoms with Crippen LogP contribution >= 0.6 is 0 Å². The molecular formula is C16H21F2NO6. The third kappa shape index (κ3) is 6.28. The summed E-state index contributed by atoms with van der Waals surface area (Å²) in [5.74, 6) is -4.05.